The van der Waals surface area contributed by atoms with Crippen molar-refractivity contribution in [2.24, 2.45) is 0 Å². The second kappa shape index (κ2) is 11.1. The largest absolute Gasteiger partial charge is 0.502 e. The monoisotopic (exact) mass is 312 g/mol. The first-order valence-corrected chi connectivity index (χ1v) is 11.3. The lowest BCUT2D eigenvalue weighted by Crippen LogP contribution is -2.40. The molecule has 124 valence electrons. The van der Waals surface area contributed by atoms with Gasteiger partial charge in [-0.2, -0.15) is 0 Å². The van der Waals surface area contributed by atoms with E-state index in [1.54, 1.807) is 6.26 Å². The van der Waals surface area contributed by atoms with Crippen LogP contribution in [0.5, 0.6) is 0 Å². The van der Waals surface area contributed by atoms with Crippen LogP contribution in [-0.2, 0) is 9.16 Å². The molecule has 0 saturated carbocycles. The fourth-order valence-electron chi connectivity index (χ4n) is 1.57. The highest BCUT2D eigenvalue weighted by Gasteiger charge is 2.36. The number of rotatable bonds is 11. The van der Waals surface area contributed by atoms with Crippen molar-refractivity contribution in [1.82, 2.24) is 0 Å². The standard InChI is InChI=1S/C18H36O2Si/c1-7-19-16-14-12-10-8-9-11-13-15-17-20-21(5,6)18(2,3)4/h8-9,14,16H,7,10-13,15,17H2,1-6H3/b9-8-,16-14-. The van der Waals surface area contributed by atoms with Gasteiger partial charge in [0.15, 0.2) is 8.32 Å². The van der Waals surface area contributed by atoms with Crippen molar-refractivity contribution < 1.29 is 9.16 Å². The third kappa shape index (κ3) is 10.8. The van der Waals surface area contributed by atoms with Gasteiger partial charge in [0.25, 0.3) is 0 Å². The summed E-state index contributed by atoms with van der Waals surface area (Å²) in [6.45, 7) is 15.2. The average Bonchev–Trinajstić information content (AvgIpc) is 2.38. The van der Waals surface area contributed by atoms with E-state index in [0.717, 1.165) is 32.5 Å². The van der Waals surface area contributed by atoms with E-state index in [4.69, 9.17) is 9.16 Å². The number of hydrogen-bond acceptors (Lipinski definition) is 2. The Kier molecular flexibility index (Phi) is 10.8. The third-order valence-corrected chi connectivity index (χ3v) is 8.60. The lowest BCUT2D eigenvalue weighted by atomic mass is 10.2. The molecule has 0 heterocycles. The lowest BCUT2D eigenvalue weighted by molar-refractivity contribution is 0.268. The first-order valence-electron chi connectivity index (χ1n) is 8.37. The average molecular weight is 313 g/mol. The predicted octanol–water partition coefficient (Wildman–Crippen LogP) is 6.07. The number of unbranched alkanes of at least 4 members (excludes halogenated alkanes) is 3. The Bertz CT molecular complexity index is 301. The highest BCUT2D eigenvalue weighted by Crippen LogP contribution is 2.36. The van der Waals surface area contributed by atoms with Gasteiger partial charge in [0.1, 0.15) is 0 Å². The summed E-state index contributed by atoms with van der Waals surface area (Å²) in [7, 11) is -1.54. The zero-order chi connectivity index (χ0) is 16.2. The van der Waals surface area contributed by atoms with Crippen molar-refractivity contribution in [3.63, 3.8) is 0 Å². The van der Waals surface area contributed by atoms with Crippen molar-refractivity contribution in [3.05, 3.63) is 24.5 Å². The van der Waals surface area contributed by atoms with Crippen molar-refractivity contribution in [2.45, 2.75) is 77.9 Å². The highest BCUT2D eigenvalue weighted by molar-refractivity contribution is 6.74. The molecule has 0 aromatic rings. The Labute approximate surface area is 133 Å². The van der Waals surface area contributed by atoms with Gasteiger partial charge in [0.2, 0.25) is 0 Å². The number of allylic oxidation sites excluding steroid dienone is 3. The first-order chi connectivity index (χ1) is 9.81. The lowest BCUT2D eigenvalue weighted by Gasteiger charge is -2.36. The van der Waals surface area contributed by atoms with Crippen molar-refractivity contribution in [3.8, 4) is 0 Å². The van der Waals surface area contributed by atoms with Crippen molar-refractivity contribution in [2.75, 3.05) is 13.2 Å². The molecule has 0 spiro atoms. The second-order valence-electron chi connectivity index (χ2n) is 6.98. The van der Waals surface area contributed by atoms with Crippen LogP contribution >= 0.6 is 0 Å². The molecule has 0 bridgehead atoms. The van der Waals surface area contributed by atoms with Crippen LogP contribution in [0.15, 0.2) is 24.5 Å². The molecule has 0 radical (unpaired) electrons. The van der Waals surface area contributed by atoms with E-state index in [2.05, 4.69) is 52.1 Å². The fourth-order valence-corrected chi connectivity index (χ4v) is 2.66. The third-order valence-electron chi connectivity index (χ3n) is 4.06. The summed E-state index contributed by atoms with van der Waals surface area (Å²) >= 11 is 0. The molecule has 0 saturated heterocycles. The van der Waals surface area contributed by atoms with Crippen LogP contribution in [0.2, 0.25) is 18.1 Å². The fraction of sp³-hybridized carbons (Fsp3) is 0.778. The van der Waals surface area contributed by atoms with E-state index in [1.807, 2.05) is 6.92 Å². The maximum atomic E-state index is 6.17. The summed E-state index contributed by atoms with van der Waals surface area (Å²) in [6, 6.07) is 0. The van der Waals surface area contributed by atoms with Crippen LogP contribution in [0.3, 0.4) is 0 Å². The van der Waals surface area contributed by atoms with Gasteiger partial charge in [-0.3, -0.25) is 0 Å². The molecule has 0 aliphatic carbocycles. The smallest absolute Gasteiger partial charge is 0.191 e. The second-order valence-corrected chi connectivity index (χ2v) is 11.8. The highest BCUT2D eigenvalue weighted by atomic mass is 28.4. The minimum atomic E-state index is -1.54. The van der Waals surface area contributed by atoms with Gasteiger partial charge in [0.05, 0.1) is 12.9 Å². The summed E-state index contributed by atoms with van der Waals surface area (Å²) in [5, 5.41) is 0.321. The molecule has 0 rings (SSSR count). The molecule has 0 atom stereocenters. The SMILES string of the molecule is CCO/C=C\CC/C=C\CCCCO[Si](C)(C)C(C)(C)C. The maximum Gasteiger partial charge on any atom is 0.191 e. The van der Waals surface area contributed by atoms with Gasteiger partial charge < -0.3 is 9.16 Å². The normalized spacial score (nSPS) is 13.4. The molecule has 0 aromatic heterocycles. The van der Waals surface area contributed by atoms with Gasteiger partial charge in [-0.1, -0.05) is 32.9 Å². The summed E-state index contributed by atoms with van der Waals surface area (Å²) in [6.07, 6.45) is 14.2. The molecule has 0 unspecified atom stereocenters. The molecule has 0 aliphatic rings. The van der Waals surface area contributed by atoms with E-state index in [-0.39, 0.29) is 0 Å². The Balaban J connectivity index is 3.52. The van der Waals surface area contributed by atoms with Crippen LogP contribution in [0.25, 0.3) is 0 Å². The van der Waals surface area contributed by atoms with Crippen LogP contribution in [0.4, 0.5) is 0 Å². The molecule has 2 nitrogen and oxygen atoms in total. The van der Waals surface area contributed by atoms with Gasteiger partial charge in [-0.15, -0.1) is 0 Å². The van der Waals surface area contributed by atoms with Crippen molar-refractivity contribution in [1.29, 1.82) is 0 Å². The summed E-state index contributed by atoms with van der Waals surface area (Å²) in [5.41, 5.74) is 0. The quantitative estimate of drug-likeness (QED) is 0.200. The van der Waals surface area contributed by atoms with Gasteiger partial charge in [0, 0.05) is 6.61 Å². The summed E-state index contributed by atoms with van der Waals surface area (Å²) in [4.78, 5) is 0. The summed E-state index contributed by atoms with van der Waals surface area (Å²) < 4.78 is 11.3. The van der Waals surface area contributed by atoms with Crippen LogP contribution in [0, 0.1) is 0 Å². The van der Waals surface area contributed by atoms with Crippen molar-refractivity contribution >= 4 is 8.32 Å². The van der Waals surface area contributed by atoms with E-state index >= 15 is 0 Å². The summed E-state index contributed by atoms with van der Waals surface area (Å²) in [5.74, 6) is 0. The minimum absolute atomic E-state index is 0.321. The van der Waals surface area contributed by atoms with E-state index in [9.17, 15) is 0 Å². The van der Waals surface area contributed by atoms with Crippen LogP contribution < -0.4 is 0 Å². The first kappa shape index (κ1) is 20.5. The molecular weight excluding hydrogens is 276 g/mol. The maximum absolute atomic E-state index is 6.17. The molecular formula is C18H36O2Si. The van der Waals surface area contributed by atoms with Crippen LogP contribution in [0.1, 0.15) is 59.8 Å². The molecule has 21 heavy (non-hydrogen) atoms. The van der Waals surface area contributed by atoms with E-state index < -0.39 is 8.32 Å². The molecule has 0 fully saturated rings. The Hall–Kier alpha value is -0.543. The Morgan fingerprint density at radius 2 is 1.52 bits per heavy atom. The topological polar surface area (TPSA) is 18.5 Å². The Morgan fingerprint density at radius 1 is 0.905 bits per heavy atom. The Morgan fingerprint density at radius 3 is 2.14 bits per heavy atom. The predicted molar refractivity (Wildman–Crippen MR) is 96.1 cm³/mol. The minimum Gasteiger partial charge on any atom is -0.502 e. The number of hydrogen-bond donors (Lipinski definition) is 0. The molecule has 0 amide bonds. The number of ether oxygens (including phenoxy) is 1. The molecule has 0 N–H and O–H groups in total. The van der Waals surface area contributed by atoms with Gasteiger partial charge >= 0.3 is 0 Å². The van der Waals surface area contributed by atoms with E-state index in [1.165, 1.54) is 12.8 Å². The van der Waals surface area contributed by atoms with Gasteiger partial charge in [-0.05, 0) is 63.2 Å². The van der Waals surface area contributed by atoms with Gasteiger partial charge in [-0.25, -0.2) is 0 Å². The zero-order valence-electron chi connectivity index (χ0n) is 15.1. The molecule has 0 aliphatic heterocycles. The molecule has 0 aromatic carbocycles. The van der Waals surface area contributed by atoms with Crippen LogP contribution in [-0.4, -0.2) is 21.5 Å². The zero-order valence-corrected chi connectivity index (χ0v) is 16.1. The van der Waals surface area contributed by atoms with E-state index in [0.29, 0.717) is 5.04 Å². The molecule has 3 heteroatoms.